The zero-order valence-electron chi connectivity index (χ0n) is 29.6. The Bertz CT molecular complexity index is 1610. The van der Waals surface area contributed by atoms with Crippen molar-refractivity contribution in [2.45, 2.75) is 82.2 Å². The summed E-state index contributed by atoms with van der Waals surface area (Å²) in [5, 5.41) is 4.93. The summed E-state index contributed by atoms with van der Waals surface area (Å²) in [4.78, 5) is 14.4. The lowest BCUT2D eigenvalue weighted by Crippen LogP contribution is -2.55. The lowest BCUT2D eigenvalue weighted by Gasteiger charge is -2.47. The van der Waals surface area contributed by atoms with Crippen LogP contribution in [-0.4, -0.2) is 100 Å². The van der Waals surface area contributed by atoms with Crippen LogP contribution in [0, 0.1) is 0 Å². The zero-order valence-corrected chi connectivity index (χ0v) is 31.6. The minimum atomic E-state index is -1.24. The SMILES string of the molecule is [B]N1C2COCC1CC(c1cc(N(COCC[Si](C)(C)C)COCC[Si](C)(C)C)n3ncc(-c4ccc(-c5ccccc5)nc4)c3n1)C2. The number of hydrogen-bond acceptors (Lipinski definition) is 8. The molecule has 1 aromatic carbocycles. The first-order valence-electron chi connectivity index (χ1n) is 17.4. The highest BCUT2D eigenvalue weighted by Crippen LogP contribution is 2.38. The van der Waals surface area contributed by atoms with E-state index in [4.69, 9.17) is 37.3 Å². The van der Waals surface area contributed by atoms with Crippen molar-refractivity contribution in [3.8, 4) is 22.4 Å². The van der Waals surface area contributed by atoms with Gasteiger partial charge in [0.2, 0.25) is 0 Å². The normalized spacial score (nSPS) is 20.3. The molecule has 2 aliphatic heterocycles. The summed E-state index contributed by atoms with van der Waals surface area (Å²) in [7, 11) is 4.02. The smallest absolute Gasteiger partial charge is 0.183 e. The molecule has 9 nitrogen and oxygen atoms in total. The van der Waals surface area contributed by atoms with Crippen LogP contribution in [0.3, 0.4) is 0 Å². The van der Waals surface area contributed by atoms with E-state index in [9.17, 15) is 0 Å². The molecule has 2 unspecified atom stereocenters. The third-order valence-corrected chi connectivity index (χ3v) is 12.8. The molecule has 2 saturated heterocycles. The maximum absolute atomic E-state index is 6.50. The fraction of sp³-hybridized carbons (Fsp3) is 0.528. The third kappa shape index (κ3) is 8.64. The average molecular weight is 683 g/mol. The van der Waals surface area contributed by atoms with Gasteiger partial charge in [0.25, 0.3) is 0 Å². The van der Waals surface area contributed by atoms with Crippen LogP contribution in [0.1, 0.15) is 24.5 Å². The Morgan fingerprint density at radius 3 is 2.08 bits per heavy atom. The second-order valence-corrected chi connectivity index (χ2v) is 27.1. The lowest BCUT2D eigenvalue weighted by molar-refractivity contribution is -0.0357. The molecule has 2 aliphatic rings. The predicted octanol–water partition coefficient (Wildman–Crippen LogP) is 6.92. The number of morpholine rings is 1. The molecular weight excluding hydrogens is 631 g/mol. The molecule has 2 radical (unpaired) electrons. The first kappa shape index (κ1) is 35.0. The molecule has 5 heterocycles. The van der Waals surface area contributed by atoms with Crippen molar-refractivity contribution in [2.24, 2.45) is 0 Å². The summed E-state index contributed by atoms with van der Waals surface area (Å²) >= 11 is 0. The second kappa shape index (κ2) is 14.9. The van der Waals surface area contributed by atoms with Gasteiger partial charge < -0.3 is 23.9 Å². The highest BCUT2D eigenvalue weighted by atomic mass is 28.3. The van der Waals surface area contributed by atoms with Crippen LogP contribution in [0.2, 0.25) is 51.4 Å². The zero-order chi connectivity index (χ0) is 33.9. The molecule has 2 atom stereocenters. The molecule has 3 aromatic heterocycles. The molecule has 48 heavy (non-hydrogen) atoms. The molecule has 0 saturated carbocycles. The van der Waals surface area contributed by atoms with Gasteiger partial charge in [0.15, 0.2) is 13.6 Å². The highest BCUT2D eigenvalue weighted by molar-refractivity contribution is 6.76. The van der Waals surface area contributed by atoms with Crippen LogP contribution in [0.5, 0.6) is 0 Å². The molecule has 254 valence electrons. The third-order valence-electron chi connectivity index (χ3n) is 9.42. The Morgan fingerprint density at radius 2 is 1.50 bits per heavy atom. The van der Waals surface area contributed by atoms with Crippen LogP contribution in [0.15, 0.2) is 60.9 Å². The molecule has 0 N–H and O–H groups in total. The largest absolute Gasteiger partial charge is 0.378 e. The van der Waals surface area contributed by atoms with E-state index in [0.717, 1.165) is 77.7 Å². The van der Waals surface area contributed by atoms with Gasteiger partial charge in [0.05, 0.1) is 25.1 Å². The average Bonchev–Trinajstić information content (AvgIpc) is 3.47. The van der Waals surface area contributed by atoms with E-state index in [1.807, 2.05) is 39.9 Å². The van der Waals surface area contributed by atoms with Crippen molar-refractivity contribution in [1.82, 2.24) is 24.4 Å². The molecule has 12 heteroatoms. The number of fused-ring (bicyclic) bond motifs is 3. The molecule has 0 amide bonds. The van der Waals surface area contributed by atoms with Crippen molar-refractivity contribution < 1.29 is 14.2 Å². The van der Waals surface area contributed by atoms with Crippen molar-refractivity contribution in [2.75, 3.05) is 44.8 Å². The number of rotatable bonds is 14. The van der Waals surface area contributed by atoms with Crippen molar-refractivity contribution in [1.29, 1.82) is 0 Å². The minimum Gasteiger partial charge on any atom is -0.378 e. The fourth-order valence-electron chi connectivity index (χ4n) is 6.40. The summed E-state index contributed by atoms with van der Waals surface area (Å²) in [6, 6.07) is 19.2. The van der Waals surface area contributed by atoms with Gasteiger partial charge in [-0.3, -0.25) is 4.98 Å². The summed E-state index contributed by atoms with van der Waals surface area (Å²) in [6.45, 7) is 17.9. The molecule has 2 fully saturated rings. The Balaban J connectivity index is 1.37. The summed E-state index contributed by atoms with van der Waals surface area (Å²) < 4.78 is 20.6. The van der Waals surface area contributed by atoms with Crippen LogP contribution >= 0.6 is 0 Å². The molecule has 4 aromatic rings. The van der Waals surface area contributed by atoms with Gasteiger partial charge in [-0.2, -0.15) is 9.61 Å². The van der Waals surface area contributed by atoms with E-state index in [-0.39, 0.29) is 18.0 Å². The number of benzene rings is 1. The molecule has 6 rings (SSSR count). The van der Waals surface area contributed by atoms with Crippen LogP contribution in [0.25, 0.3) is 28.0 Å². The maximum atomic E-state index is 6.50. The highest BCUT2D eigenvalue weighted by Gasteiger charge is 2.38. The number of nitrogens with zero attached hydrogens (tertiary/aromatic N) is 6. The number of anilines is 1. The van der Waals surface area contributed by atoms with E-state index in [1.165, 1.54) is 0 Å². The molecule has 2 bridgehead atoms. The van der Waals surface area contributed by atoms with Crippen LogP contribution in [-0.2, 0) is 14.2 Å². The first-order valence-corrected chi connectivity index (χ1v) is 24.8. The van der Waals surface area contributed by atoms with Crippen LogP contribution < -0.4 is 4.90 Å². The summed E-state index contributed by atoms with van der Waals surface area (Å²) in [5.41, 5.74) is 5.81. The Labute approximate surface area is 289 Å². The van der Waals surface area contributed by atoms with Gasteiger partial charge in [-0.15, -0.1) is 0 Å². The van der Waals surface area contributed by atoms with E-state index >= 15 is 0 Å². The van der Waals surface area contributed by atoms with Crippen LogP contribution in [0.4, 0.5) is 5.82 Å². The Morgan fingerprint density at radius 1 is 0.854 bits per heavy atom. The molecule has 0 spiro atoms. The van der Waals surface area contributed by atoms with Gasteiger partial charge in [0.1, 0.15) is 19.3 Å². The topological polar surface area (TPSA) is 77.2 Å². The number of aromatic nitrogens is 4. The van der Waals surface area contributed by atoms with Crippen molar-refractivity contribution >= 4 is 35.6 Å². The Kier molecular flexibility index (Phi) is 10.9. The van der Waals surface area contributed by atoms with Gasteiger partial charge in [-0.25, -0.2) is 4.98 Å². The maximum Gasteiger partial charge on any atom is 0.183 e. The quantitative estimate of drug-likeness (QED) is 0.0807. The van der Waals surface area contributed by atoms with Gasteiger partial charge in [0, 0.05) is 82.0 Å². The first-order chi connectivity index (χ1) is 22.9. The monoisotopic (exact) mass is 682 g/mol. The van der Waals surface area contributed by atoms with Gasteiger partial charge in [-0.05, 0) is 31.0 Å². The minimum absolute atomic E-state index is 0.175. The Hall–Kier alpha value is -2.87. The van der Waals surface area contributed by atoms with E-state index in [0.29, 0.717) is 26.7 Å². The predicted molar refractivity (Wildman–Crippen MR) is 200 cm³/mol. The lowest BCUT2D eigenvalue weighted by atomic mass is 9.81. The van der Waals surface area contributed by atoms with E-state index < -0.39 is 16.1 Å². The van der Waals surface area contributed by atoms with E-state index in [2.05, 4.69) is 74.5 Å². The number of pyridine rings is 1. The second-order valence-electron chi connectivity index (χ2n) is 15.8. The standard InChI is InChI=1S/C36H51BN6O3Si2/c1-47(2,3)16-14-44-25-41(26-45-15-17-48(4,5)6)35-20-34(29-18-30-23-46-24-31(19-29)42(30)37)40-36-32(22-39-43(35)36)28-12-13-33(38-21-28)27-10-8-7-9-11-27/h7-13,20-22,29-31H,14-19,23-26H2,1-6H3. The van der Waals surface area contributed by atoms with E-state index in [1.54, 1.807) is 0 Å². The van der Waals surface area contributed by atoms with Gasteiger partial charge in [-0.1, -0.05) is 75.7 Å². The summed E-state index contributed by atoms with van der Waals surface area (Å²) in [6.07, 6.45) is 5.63. The molecule has 0 aliphatic carbocycles. The fourth-order valence-corrected chi connectivity index (χ4v) is 7.91. The van der Waals surface area contributed by atoms with Crippen molar-refractivity contribution in [3.05, 3.63) is 66.6 Å². The number of piperidine rings is 1. The summed E-state index contributed by atoms with van der Waals surface area (Å²) in [5.74, 6) is 1.17. The number of ether oxygens (including phenoxy) is 3. The van der Waals surface area contributed by atoms with Crippen molar-refractivity contribution in [3.63, 3.8) is 0 Å². The number of hydrogen-bond donors (Lipinski definition) is 0. The molecular formula is C36H51BN6O3Si2. The van der Waals surface area contributed by atoms with Gasteiger partial charge >= 0.3 is 0 Å².